The van der Waals surface area contributed by atoms with E-state index in [1.165, 1.54) is 35.2 Å². The Labute approximate surface area is 246 Å². The second-order valence-corrected chi connectivity index (χ2v) is 12.6. The Kier molecular flexibility index (Phi) is 10.0. The number of sulfonamides is 1. The van der Waals surface area contributed by atoms with Gasteiger partial charge in [0.05, 0.1) is 10.6 Å². The molecular weight excluding hydrogens is 565 g/mol. The van der Waals surface area contributed by atoms with Crippen LogP contribution in [0.25, 0.3) is 0 Å². The zero-order chi connectivity index (χ0) is 29.6. The van der Waals surface area contributed by atoms with Gasteiger partial charge >= 0.3 is 0 Å². The summed E-state index contributed by atoms with van der Waals surface area (Å²) in [6, 6.07) is 17.6. The molecule has 0 spiro atoms. The van der Waals surface area contributed by atoms with Crippen LogP contribution in [0.2, 0.25) is 5.02 Å². The molecule has 218 valence electrons. The summed E-state index contributed by atoms with van der Waals surface area (Å²) in [5.41, 5.74) is 1.49. The average molecular weight is 600 g/mol. The van der Waals surface area contributed by atoms with Gasteiger partial charge in [-0.1, -0.05) is 67.8 Å². The Balaban J connectivity index is 1.73. The molecule has 0 saturated heterocycles. The fourth-order valence-electron chi connectivity index (χ4n) is 5.16. The molecule has 0 radical (unpaired) electrons. The molecule has 0 bridgehead atoms. The smallest absolute Gasteiger partial charge is 0.264 e. The van der Waals surface area contributed by atoms with E-state index in [-0.39, 0.29) is 29.1 Å². The molecule has 1 aliphatic rings. The topological polar surface area (TPSA) is 86.8 Å². The highest BCUT2D eigenvalue weighted by Gasteiger charge is 2.35. The van der Waals surface area contributed by atoms with E-state index in [0.29, 0.717) is 22.6 Å². The van der Waals surface area contributed by atoms with Crippen LogP contribution in [0.5, 0.6) is 0 Å². The van der Waals surface area contributed by atoms with Crippen molar-refractivity contribution in [3.8, 4) is 0 Å². The van der Waals surface area contributed by atoms with Crippen molar-refractivity contribution in [2.24, 2.45) is 0 Å². The summed E-state index contributed by atoms with van der Waals surface area (Å²) in [7, 11) is -4.19. The molecular formula is C31H35ClFN3O4S. The van der Waals surface area contributed by atoms with Crippen molar-refractivity contribution in [2.75, 3.05) is 10.8 Å². The Bertz CT molecular complexity index is 1460. The molecule has 10 heteroatoms. The largest absolute Gasteiger partial charge is 0.352 e. The van der Waals surface area contributed by atoms with E-state index in [9.17, 15) is 22.4 Å². The number of aryl methyl sites for hydroxylation is 1. The van der Waals surface area contributed by atoms with Crippen molar-refractivity contribution >= 4 is 39.1 Å². The van der Waals surface area contributed by atoms with E-state index in [0.717, 1.165) is 30.0 Å². The van der Waals surface area contributed by atoms with Crippen LogP contribution in [-0.4, -0.2) is 43.8 Å². The molecule has 7 nitrogen and oxygen atoms in total. The van der Waals surface area contributed by atoms with Gasteiger partial charge < -0.3 is 10.2 Å². The summed E-state index contributed by atoms with van der Waals surface area (Å²) < 4.78 is 42.6. The first-order valence-corrected chi connectivity index (χ1v) is 15.6. The number of carbonyl (C=O) groups is 2. The van der Waals surface area contributed by atoms with Crippen LogP contribution in [0, 0.1) is 12.7 Å². The molecule has 0 unspecified atom stereocenters. The number of hydrogen-bond donors (Lipinski definition) is 1. The number of carbonyl (C=O) groups excluding carboxylic acids is 2. The van der Waals surface area contributed by atoms with Crippen molar-refractivity contribution in [1.82, 2.24) is 10.2 Å². The van der Waals surface area contributed by atoms with Crippen LogP contribution >= 0.6 is 11.6 Å². The number of amides is 2. The fourth-order valence-corrected chi connectivity index (χ4v) is 6.82. The maximum Gasteiger partial charge on any atom is 0.264 e. The third kappa shape index (κ3) is 7.45. The molecule has 0 aliphatic heterocycles. The SMILES string of the molecule is CC[C@@H](C(=O)NC1CCCC1)N(Cc1ccc(F)cc1)C(=O)CN(c1cc(Cl)ccc1C)S(=O)(=O)c1ccccc1. The molecule has 1 saturated carbocycles. The molecule has 1 atom stereocenters. The molecule has 41 heavy (non-hydrogen) atoms. The second kappa shape index (κ2) is 13.5. The third-order valence-corrected chi connectivity index (χ3v) is 9.41. The first-order chi connectivity index (χ1) is 19.6. The number of halogens is 2. The molecule has 4 rings (SSSR count). The van der Waals surface area contributed by atoms with E-state index < -0.39 is 34.3 Å². The molecule has 0 heterocycles. The first kappa shape index (κ1) is 30.5. The number of rotatable bonds is 11. The third-order valence-electron chi connectivity index (χ3n) is 7.40. The predicted molar refractivity (Wildman–Crippen MR) is 159 cm³/mol. The van der Waals surface area contributed by atoms with E-state index in [1.54, 1.807) is 49.4 Å². The minimum Gasteiger partial charge on any atom is -0.352 e. The Morgan fingerprint density at radius 3 is 2.32 bits per heavy atom. The van der Waals surface area contributed by atoms with Crippen molar-refractivity contribution in [1.29, 1.82) is 0 Å². The second-order valence-electron chi connectivity index (χ2n) is 10.3. The van der Waals surface area contributed by atoms with Gasteiger partial charge in [-0.2, -0.15) is 0 Å². The van der Waals surface area contributed by atoms with Gasteiger partial charge in [-0.25, -0.2) is 12.8 Å². The van der Waals surface area contributed by atoms with Crippen molar-refractivity contribution in [3.05, 3.63) is 94.8 Å². The summed E-state index contributed by atoms with van der Waals surface area (Å²) in [5, 5.41) is 3.39. The van der Waals surface area contributed by atoms with Gasteiger partial charge in [-0.05, 0) is 73.7 Å². The van der Waals surface area contributed by atoms with Gasteiger partial charge in [-0.3, -0.25) is 13.9 Å². The summed E-state index contributed by atoms with van der Waals surface area (Å²) in [4.78, 5) is 29.0. The highest BCUT2D eigenvalue weighted by Crippen LogP contribution is 2.30. The zero-order valence-electron chi connectivity index (χ0n) is 23.2. The molecule has 1 N–H and O–H groups in total. The molecule has 2 amide bonds. The van der Waals surface area contributed by atoms with Gasteiger partial charge in [0.1, 0.15) is 18.4 Å². The summed E-state index contributed by atoms with van der Waals surface area (Å²) in [5.74, 6) is -1.28. The standard InChI is InChI=1S/C31H35ClFN3O4S/c1-3-28(31(38)34-26-9-7-8-10-26)35(20-23-14-17-25(33)18-15-23)30(37)21-36(29-19-24(32)16-13-22(29)2)41(39,40)27-11-5-4-6-12-27/h4-6,11-19,26,28H,3,7-10,20-21H2,1-2H3,(H,34,38)/t28-/m0/s1. The van der Waals surface area contributed by atoms with Crippen molar-refractivity contribution in [2.45, 2.75) is 69.5 Å². The summed E-state index contributed by atoms with van der Waals surface area (Å²) >= 11 is 6.27. The fraction of sp³-hybridized carbons (Fsp3) is 0.355. The van der Waals surface area contributed by atoms with Crippen LogP contribution in [0.4, 0.5) is 10.1 Å². The molecule has 3 aromatic carbocycles. The first-order valence-electron chi connectivity index (χ1n) is 13.8. The summed E-state index contributed by atoms with van der Waals surface area (Å²) in [6.07, 6.45) is 4.14. The van der Waals surface area contributed by atoms with Gasteiger partial charge in [0.15, 0.2) is 0 Å². The van der Waals surface area contributed by atoms with Crippen molar-refractivity contribution in [3.63, 3.8) is 0 Å². The Hall–Kier alpha value is -3.43. The summed E-state index contributed by atoms with van der Waals surface area (Å²) in [6.45, 7) is 2.99. The highest BCUT2D eigenvalue weighted by atomic mass is 35.5. The monoisotopic (exact) mass is 599 g/mol. The molecule has 1 fully saturated rings. The normalized spacial score (nSPS) is 14.4. The quantitative estimate of drug-likeness (QED) is 0.300. The lowest BCUT2D eigenvalue weighted by atomic mass is 10.1. The lowest BCUT2D eigenvalue weighted by Crippen LogP contribution is -2.53. The molecule has 0 aromatic heterocycles. The van der Waals surface area contributed by atoms with Crippen LogP contribution < -0.4 is 9.62 Å². The van der Waals surface area contributed by atoms with Gasteiger partial charge in [0.25, 0.3) is 10.0 Å². The van der Waals surface area contributed by atoms with Gasteiger partial charge in [0, 0.05) is 17.6 Å². The predicted octanol–water partition coefficient (Wildman–Crippen LogP) is 5.85. The molecule has 3 aromatic rings. The maximum atomic E-state index is 14.1. The van der Waals surface area contributed by atoms with E-state index >= 15 is 0 Å². The lowest BCUT2D eigenvalue weighted by molar-refractivity contribution is -0.140. The van der Waals surface area contributed by atoms with Crippen LogP contribution in [0.15, 0.2) is 77.7 Å². The number of anilines is 1. The van der Waals surface area contributed by atoms with E-state index in [1.807, 2.05) is 6.92 Å². The minimum atomic E-state index is -4.19. The highest BCUT2D eigenvalue weighted by molar-refractivity contribution is 7.92. The average Bonchev–Trinajstić information content (AvgIpc) is 3.47. The van der Waals surface area contributed by atoms with Crippen LogP contribution in [-0.2, 0) is 26.2 Å². The number of nitrogens with zero attached hydrogens (tertiary/aromatic N) is 2. The van der Waals surface area contributed by atoms with Gasteiger partial charge in [-0.15, -0.1) is 0 Å². The van der Waals surface area contributed by atoms with E-state index in [2.05, 4.69) is 5.32 Å². The number of hydrogen-bond acceptors (Lipinski definition) is 4. The number of nitrogens with one attached hydrogen (secondary N) is 1. The Morgan fingerprint density at radius 1 is 1.02 bits per heavy atom. The minimum absolute atomic E-state index is 0.00343. The van der Waals surface area contributed by atoms with Crippen LogP contribution in [0.3, 0.4) is 0 Å². The number of benzene rings is 3. The van der Waals surface area contributed by atoms with E-state index in [4.69, 9.17) is 11.6 Å². The van der Waals surface area contributed by atoms with Crippen LogP contribution in [0.1, 0.15) is 50.2 Å². The molecule has 1 aliphatic carbocycles. The Morgan fingerprint density at radius 2 is 1.68 bits per heavy atom. The maximum absolute atomic E-state index is 14.1. The lowest BCUT2D eigenvalue weighted by Gasteiger charge is -2.34. The zero-order valence-corrected chi connectivity index (χ0v) is 24.8. The van der Waals surface area contributed by atoms with Gasteiger partial charge in [0.2, 0.25) is 11.8 Å². The van der Waals surface area contributed by atoms with Crippen molar-refractivity contribution < 1.29 is 22.4 Å².